The number of sulfone groups is 1. The number of fused-ring (bicyclic) bond motifs is 1. The van der Waals surface area contributed by atoms with Gasteiger partial charge in [0.2, 0.25) is 0 Å². The van der Waals surface area contributed by atoms with E-state index in [0.717, 1.165) is 0 Å². The molecule has 0 saturated carbocycles. The van der Waals surface area contributed by atoms with Crippen molar-refractivity contribution in [3.8, 4) is 5.75 Å². The number of nitrogens with one attached hydrogen (secondary N) is 1. The number of nitrogens with zero attached hydrogens (tertiary/aromatic N) is 3. The number of hydrogen-bond acceptors (Lipinski definition) is 8. The Labute approximate surface area is 292 Å². The molecule has 1 aromatic heterocycles. The summed E-state index contributed by atoms with van der Waals surface area (Å²) in [6.45, 7) is 2.40. The third kappa shape index (κ3) is 7.46. The molecule has 2 atom stereocenters. The van der Waals surface area contributed by atoms with E-state index >= 15 is 4.39 Å². The van der Waals surface area contributed by atoms with Crippen LogP contribution in [0.4, 0.5) is 20.3 Å². The predicted molar refractivity (Wildman–Crippen MR) is 189 cm³/mol. The molecule has 0 spiro atoms. The zero-order valence-electron chi connectivity index (χ0n) is 26.9. The second-order valence-electron chi connectivity index (χ2n) is 11.9. The molecule has 1 aliphatic heterocycles. The van der Waals surface area contributed by atoms with E-state index in [-0.39, 0.29) is 35.7 Å². The van der Waals surface area contributed by atoms with Gasteiger partial charge in [-0.1, -0.05) is 37.3 Å². The van der Waals surface area contributed by atoms with Crippen LogP contribution in [0.5, 0.6) is 5.75 Å². The number of anilines is 2. The van der Waals surface area contributed by atoms with Crippen LogP contribution in [0.3, 0.4) is 0 Å². The number of likely N-dealkylation sites (N-methyl/N-ethyl adjacent to an activating group) is 1. The molecule has 2 heterocycles. The van der Waals surface area contributed by atoms with E-state index in [4.69, 9.17) is 9.47 Å². The van der Waals surface area contributed by atoms with E-state index in [0.29, 0.717) is 56.6 Å². The third-order valence-electron chi connectivity index (χ3n) is 8.73. The summed E-state index contributed by atoms with van der Waals surface area (Å²) < 4.78 is 68.7. The summed E-state index contributed by atoms with van der Waals surface area (Å²) in [6.07, 6.45) is 5.77. The Hall–Kier alpha value is -4.39. The third-order valence-corrected chi connectivity index (χ3v) is 11.1. The molecule has 5 aromatic rings. The van der Waals surface area contributed by atoms with Gasteiger partial charge in [-0.15, -0.1) is 0 Å². The summed E-state index contributed by atoms with van der Waals surface area (Å²) in [7, 11) is -1.68. The molecule has 0 radical (unpaired) electrons. The van der Waals surface area contributed by atoms with Crippen LogP contribution in [0.15, 0.2) is 113 Å². The van der Waals surface area contributed by atoms with Crippen molar-refractivity contribution in [3.63, 3.8) is 0 Å². The van der Waals surface area contributed by atoms with Crippen molar-refractivity contribution < 1.29 is 26.7 Å². The zero-order valence-corrected chi connectivity index (χ0v) is 29.3. The lowest BCUT2D eigenvalue weighted by molar-refractivity contribution is -0.0421. The number of aromatic nitrogens is 2. The normalized spacial score (nSPS) is 16.5. The molecule has 49 heavy (non-hydrogen) atoms. The van der Waals surface area contributed by atoms with Gasteiger partial charge >= 0.3 is 0 Å². The van der Waals surface area contributed by atoms with Crippen molar-refractivity contribution in [1.29, 1.82) is 0 Å². The van der Waals surface area contributed by atoms with Gasteiger partial charge in [-0.25, -0.2) is 27.2 Å². The van der Waals surface area contributed by atoms with Crippen LogP contribution in [-0.2, 0) is 26.8 Å². The summed E-state index contributed by atoms with van der Waals surface area (Å²) >= 11 is 3.56. The Balaban J connectivity index is 1.26. The molecule has 2 unspecified atom stereocenters. The number of benzene rings is 4. The minimum Gasteiger partial charge on any atom is -0.488 e. The molecule has 4 aromatic carbocycles. The van der Waals surface area contributed by atoms with Gasteiger partial charge < -0.3 is 14.8 Å². The molecule has 1 aliphatic rings. The Morgan fingerprint density at radius 1 is 1.04 bits per heavy atom. The first-order valence-corrected chi connectivity index (χ1v) is 18.2. The number of halogens is 3. The number of hydrogen-bond donors (Lipinski definition) is 1. The first-order valence-electron chi connectivity index (χ1n) is 15.8. The first-order chi connectivity index (χ1) is 23.6. The van der Waals surface area contributed by atoms with Gasteiger partial charge in [0, 0.05) is 35.7 Å². The summed E-state index contributed by atoms with van der Waals surface area (Å²) in [5, 5.41) is 3.91. The highest BCUT2D eigenvalue weighted by atomic mass is 79.9. The topological polar surface area (TPSA) is 93.7 Å². The molecular weight excluding hydrogens is 714 g/mol. The Bertz CT molecular complexity index is 2090. The van der Waals surface area contributed by atoms with Crippen molar-refractivity contribution in [2.75, 3.05) is 24.7 Å². The number of rotatable bonds is 13. The minimum atomic E-state index is -3.52. The molecular formula is C37H35BrF2N4O4S. The first kappa shape index (κ1) is 34.5. The molecule has 1 N–H and O–H groups in total. The average Bonchev–Trinajstić information content (AvgIpc) is 3.58. The van der Waals surface area contributed by atoms with Crippen LogP contribution < -0.4 is 10.1 Å². The van der Waals surface area contributed by atoms with Gasteiger partial charge in [0.15, 0.2) is 15.4 Å². The standard InChI is InChI=1S/C37H35BrF2N4O4S/c1-3-35(44(2)16-18-49(45,46)28-11-5-4-6-12-28)37(15-8-17-48-37)30-21-29-33(22-32(30)40)41-24-42-36(29)43-27-13-14-34(31(38)20-27)47-23-25-9-7-10-26(39)19-25/h4-14,17,19-22,24,35H,3,15-16,18,23H2,1-2H3,(H,41,42,43). The van der Waals surface area contributed by atoms with Gasteiger partial charge in [0.25, 0.3) is 0 Å². The van der Waals surface area contributed by atoms with Crippen molar-refractivity contribution in [2.45, 2.75) is 42.9 Å². The molecule has 8 nitrogen and oxygen atoms in total. The van der Waals surface area contributed by atoms with Gasteiger partial charge in [-0.3, -0.25) is 4.90 Å². The molecule has 12 heteroatoms. The van der Waals surface area contributed by atoms with E-state index in [1.807, 2.05) is 37.1 Å². The molecule has 6 rings (SSSR count). The second-order valence-corrected chi connectivity index (χ2v) is 14.8. The fourth-order valence-electron chi connectivity index (χ4n) is 6.29. The molecule has 0 saturated heterocycles. The smallest absolute Gasteiger partial charge is 0.179 e. The van der Waals surface area contributed by atoms with Crippen molar-refractivity contribution >= 4 is 48.2 Å². The van der Waals surface area contributed by atoms with E-state index in [1.54, 1.807) is 60.9 Å². The fourth-order valence-corrected chi connectivity index (χ4v) is 8.12. The van der Waals surface area contributed by atoms with E-state index < -0.39 is 21.3 Å². The average molecular weight is 750 g/mol. The van der Waals surface area contributed by atoms with Crippen molar-refractivity contribution in [3.05, 3.63) is 131 Å². The molecule has 0 aliphatic carbocycles. The van der Waals surface area contributed by atoms with E-state index in [9.17, 15) is 12.8 Å². The summed E-state index contributed by atoms with van der Waals surface area (Å²) in [6, 6.07) is 22.8. The van der Waals surface area contributed by atoms with Crippen LogP contribution >= 0.6 is 15.9 Å². The lowest BCUT2D eigenvalue weighted by Crippen LogP contribution is -2.50. The SMILES string of the molecule is CCC(N(C)CCS(=O)(=O)c1ccccc1)C1(c2cc3c(Nc4ccc(OCc5cccc(F)c5)c(Br)c4)ncnc3cc2F)CC=CO1. The van der Waals surface area contributed by atoms with Crippen LogP contribution in [0.25, 0.3) is 10.9 Å². The summed E-state index contributed by atoms with van der Waals surface area (Å²) in [5.74, 6) is 0.133. The fraction of sp³-hybridized carbons (Fsp3) is 0.243. The molecule has 0 bridgehead atoms. The Morgan fingerprint density at radius 2 is 1.86 bits per heavy atom. The summed E-state index contributed by atoms with van der Waals surface area (Å²) in [4.78, 5) is 11.0. The highest BCUT2D eigenvalue weighted by Crippen LogP contribution is 2.44. The zero-order chi connectivity index (χ0) is 34.6. The Kier molecular flexibility index (Phi) is 10.3. The maximum absolute atomic E-state index is 16.1. The lowest BCUT2D eigenvalue weighted by Gasteiger charge is -2.42. The van der Waals surface area contributed by atoms with Crippen LogP contribution in [0.1, 0.15) is 30.9 Å². The van der Waals surface area contributed by atoms with Crippen molar-refractivity contribution in [1.82, 2.24) is 14.9 Å². The highest BCUT2D eigenvalue weighted by Gasteiger charge is 2.46. The van der Waals surface area contributed by atoms with Gasteiger partial charge in [0.1, 0.15) is 36.1 Å². The lowest BCUT2D eigenvalue weighted by atomic mass is 9.81. The maximum atomic E-state index is 16.1. The highest BCUT2D eigenvalue weighted by molar-refractivity contribution is 9.10. The van der Waals surface area contributed by atoms with Gasteiger partial charge in [-0.2, -0.15) is 0 Å². The molecule has 254 valence electrons. The quantitative estimate of drug-likeness (QED) is 0.129. The Morgan fingerprint density at radius 3 is 2.57 bits per heavy atom. The number of ether oxygens (including phenoxy) is 2. The predicted octanol–water partition coefficient (Wildman–Crippen LogP) is 8.31. The summed E-state index contributed by atoms with van der Waals surface area (Å²) in [5.41, 5.74) is 1.02. The molecule has 0 amide bonds. The molecule has 0 fully saturated rings. The van der Waals surface area contributed by atoms with E-state index in [1.165, 1.54) is 24.5 Å². The van der Waals surface area contributed by atoms with Crippen molar-refractivity contribution in [2.24, 2.45) is 0 Å². The van der Waals surface area contributed by atoms with Crippen LogP contribution in [0.2, 0.25) is 0 Å². The van der Waals surface area contributed by atoms with Crippen LogP contribution in [-0.4, -0.2) is 48.7 Å². The largest absolute Gasteiger partial charge is 0.488 e. The second kappa shape index (κ2) is 14.6. The maximum Gasteiger partial charge on any atom is 0.179 e. The monoisotopic (exact) mass is 748 g/mol. The van der Waals surface area contributed by atoms with Gasteiger partial charge in [0.05, 0.1) is 32.9 Å². The van der Waals surface area contributed by atoms with Crippen LogP contribution in [0, 0.1) is 11.6 Å². The van der Waals surface area contributed by atoms with Gasteiger partial charge in [-0.05, 0) is 89.6 Å². The minimum absolute atomic E-state index is 0.0974. The van der Waals surface area contributed by atoms with E-state index in [2.05, 4.69) is 31.2 Å².